The standard InChI is InChI=1S/C21H38N4O5Si2/c1-12(2)31(13(3)4)27-10-17-18(29-32(30-31,14(5)6)15(7)8)16(9)19(28-17)25-11-23-20(22)24-21(25)26/h11-15,17-19H,9-10H2,1-8H3,(H2,22,24,26)/t17-,18+,19-/m1/s1. The summed E-state index contributed by atoms with van der Waals surface area (Å²) in [6.07, 6.45) is -0.268. The van der Waals surface area contributed by atoms with Crippen molar-refractivity contribution in [2.75, 3.05) is 12.3 Å². The summed E-state index contributed by atoms with van der Waals surface area (Å²) in [4.78, 5) is 20.2. The number of hydrogen-bond donors (Lipinski definition) is 1. The molecule has 3 rings (SSSR count). The van der Waals surface area contributed by atoms with Crippen LogP contribution in [0.15, 0.2) is 23.3 Å². The summed E-state index contributed by atoms with van der Waals surface area (Å²) in [5.74, 6) is -0.0791. The van der Waals surface area contributed by atoms with Crippen molar-refractivity contribution >= 4 is 23.1 Å². The van der Waals surface area contributed by atoms with Crippen LogP contribution in [0.2, 0.25) is 22.2 Å². The van der Waals surface area contributed by atoms with Gasteiger partial charge in [-0.3, -0.25) is 4.57 Å². The van der Waals surface area contributed by atoms with Gasteiger partial charge >= 0.3 is 22.8 Å². The molecule has 2 fully saturated rings. The van der Waals surface area contributed by atoms with Crippen molar-refractivity contribution in [1.82, 2.24) is 14.5 Å². The van der Waals surface area contributed by atoms with Crippen molar-refractivity contribution in [2.24, 2.45) is 0 Å². The van der Waals surface area contributed by atoms with Crippen molar-refractivity contribution in [3.8, 4) is 0 Å². The molecule has 0 radical (unpaired) electrons. The fourth-order valence-corrected chi connectivity index (χ4v) is 16.1. The van der Waals surface area contributed by atoms with Crippen LogP contribution in [-0.2, 0) is 17.7 Å². The zero-order valence-corrected chi connectivity index (χ0v) is 22.5. The molecule has 0 saturated carbocycles. The first kappa shape index (κ1) is 25.3. The first-order chi connectivity index (χ1) is 14.9. The Bertz CT molecular complexity index is 888. The lowest BCUT2D eigenvalue weighted by atomic mass is 10.1. The van der Waals surface area contributed by atoms with Crippen molar-refractivity contribution < 1.29 is 17.7 Å². The van der Waals surface area contributed by atoms with Crippen LogP contribution in [0.5, 0.6) is 0 Å². The second kappa shape index (κ2) is 9.11. The van der Waals surface area contributed by atoms with Gasteiger partial charge in [0, 0.05) is 5.57 Å². The molecular weight excluding hydrogens is 444 g/mol. The maximum atomic E-state index is 12.5. The van der Waals surface area contributed by atoms with Crippen LogP contribution in [0.25, 0.3) is 0 Å². The number of hydrogen-bond acceptors (Lipinski definition) is 8. The van der Waals surface area contributed by atoms with Gasteiger partial charge in [0.15, 0.2) is 6.23 Å². The van der Waals surface area contributed by atoms with Gasteiger partial charge < -0.3 is 23.4 Å². The molecule has 3 atom stereocenters. The maximum Gasteiger partial charge on any atom is 0.354 e. The second-order valence-corrected chi connectivity index (χ2v) is 18.9. The van der Waals surface area contributed by atoms with E-state index in [0.717, 1.165) is 0 Å². The molecular formula is C21H38N4O5Si2. The van der Waals surface area contributed by atoms with E-state index in [9.17, 15) is 4.79 Å². The molecule has 1 aromatic heterocycles. The minimum absolute atomic E-state index is 0.0791. The molecule has 0 aromatic carbocycles. The summed E-state index contributed by atoms with van der Waals surface area (Å²) < 4.78 is 28.5. The van der Waals surface area contributed by atoms with Gasteiger partial charge in [0.2, 0.25) is 5.95 Å². The molecule has 0 spiro atoms. The summed E-state index contributed by atoms with van der Waals surface area (Å²) in [6, 6.07) is 0. The summed E-state index contributed by atoms with van der Waals surface area (Å²) in [5.41, 5.74) is 6.49. The highest BCUT2D eigenvalue weighted by Crippen LogP contribution is 2.48. The van der Waals surface area contributed by atoms with Crippen LogP contribution in [0, 0.1) is 0 Å². The fraction of sp³-hybridized carbons (Fsp3) is 0.762. The normalized spacial score (nSPS) is 27.8. The first-order valence-electron chi connectivity index (χ1n) is 11.4. The molecule has 11 heteroatoms. The molecule has 0 unspecified atom stereocenters. The van der Waals surface area contributed by atoms with E-state index >= 15 is 0 Å². The summed E-state index contributed by atoms with van der Waals surface area (Å²) in [7, 11) is -5.47. The lowest BCUT2D eigenvalue weighted by Gasteiger charge is -2.51. The van der Waals surface area contributed by atoms with Crippen LogP contribution >= 0.6 is 0 Å². The monoisotopic (exact) mass is 482 g/mol. The molecule has 32 heavy (non-hydrogen) atoms. The second-order valence-electron chi connectivity index (χ2n) is 10.0. The smallest absolute Gasteiger partial charge is 0.354 e. The molecule has 180 valence electrons. The van der Waals surface area contributed by atoms with E-state index in [0.29, 0.717) is 12.2 Å². The van der Waals surface area contributed by atoms with E-state index in [-0.39, 0.29) is 28.1 Å². The van der Waals surface area contributed by atoms with Gasteiger partial charge in [0.05, 0.1) is 6.61 Å². The lowest BCUT2D eigenvalue weighted by Crippen LogP contribution is -2.65. The van der Waals surface area contributed by atoms with Crippen LogP contribution < -0.4 is 11.4 Å². The SMILES string of the molecule is C=C1[C@H](n2cnc(N)nc2=O)O[C@@H]2CO[Si](C(C)C)(C(C)C)O[Si](C(C)C)(C(C)C)O[C@@H]12. The van der Waals surface area contributed by atoms with Gasteiger partial charge in [-0.15, -0.1) is 0 Å². The number of ether oxygens (including phenoxy) is 1. The highest BCUT2D eigenvalue weighted by atomic mass is 28.5. The van der Waals surface area contributed by atoms with Crippen LogP contribution in [0.4, 0.5) is 5.95 Å². The fourth-order valence-electron chi connectivity index (χ4n) is 4.87. The van der Waals surface area contributed by atoms with Crippen molar-refractivity contribution in [3.63, 3.8) is 0 Å². The van der Waals surface area contributed by atoms with Crippen molar-refractivity contribution in [1.29, 1.82) is 0 Å². The minimum atomic E-state index is -2.80. The van der Waals surface area contributed by atoms with E-state index < -0.39 is 41.2 Å². The number of rotatable bonds is 5. The predicted octanol–water partition coefficient (Wildman–Crippen LogP) is 3.63. The molecule has 0 aliphatic carbocycles. The molecule has 2 N–H and O–H groups in total. The topological polar surface area (TPSA) is 111 Å². The Morgan fingerprint density at radius 1 is 1.06 bits per heavy atom. The molecule has 2 saturated heterocycles. The van der Waals surface area contributed by atoms with Gasteiger partial charge in [0.25, 0.3) is 0 Å². The van der Waals surface area contributed by atoms with Crippen LogP contribution in [-0.4, -0.2) is 50.5 Å². The summed E-state index contributed by atoms with van der Waals surface area (Å²) in [6.45, 7) is 21.9. The van der Waals surface area contributed by atoms with Gasteiger partial charge in [0.1, 0.15) is 18.5 Å². The molecule has 2 aliphatic heterocycles. The third-order valence-electron chi connectivity index (χ3n) is 6.64. The third kappa shape index (κ3) is 4.14. The Hall–Kier alpha value is -1.38. The van der Waals surface area contributed by atoms with E-state index in [2.05, 4.69) is 71.9 Å². The number of anilines is 1. The highest BCUT2D eigenvalue weighted by molar-refractivity contribution is 6.84. The third-order valence-corrected chi connectivity index (χ3v) is 16.9. The number of nitrogens with two attached hydrogens (primary N) is 1. The molecule has 1 aromatic rings. The van der Waals surface area contributed by atoms with Crippen LogP contribution in [0.1, 0.15) is 61.6 Å². The van der Waals surface area contributed by atoms with E-state index in [1.54, 1.807) is 0 Å². The molecule has 9 nitrogen and oxygen atoms in total. The van der Waals surface area contributed by atoms with Gasteiger partial charge in [-0.25, -0.2) is 9.78 Å². The number of aromatic nitrogens is 3. The maximum absolute atomic E-state index is 12.5. The Morgan fingerprint density at radius 2 is 1.62 bits per heavy atom. The Morgan fingerprint density at radius 3 is 2.12 bits per heavy atom. The van der Waals surface area contributed by atoms with E-state index in [1.165, 1.54) is 10.9 Å². The average Bonchev–Trinajstić information content (AvgIpc) is 2.96. The van der Waals surface area contributed by atoms with E-state index in [1.807, 2.05) is 0 Å². The van der Waals surface area contributed by atoms with Crippen LogP contribution in [0.3, 0.4) is 0 Å². The Labute approximate surface area is 192 Å². The van der Waals surface area contributed by atoms with Crippen molar-refractivity contribution in [3.05, 3.63) is 29.0 Å². The van der Waals surface area contributed by atoms with E-state index in [4.69, 9.17) is 23.4 Å². The molecule has 0 bridgehead atoms. The quantitative estimate of drug-likeness (QED) is 0.500. The summed E-state index contributed by atoms with van der Waals surface area (Å²) >= 11 is 0. The Kier molecular flexibility index (Phi) is 7.19. The van der Waals surface area contributed by atoms with Gasteiger partial charge in [-0.1, -0.05) is 62.0 Å². The number of nitrogen functional groups attached to an aromatic ring is 1. The molecule has 2 aliphatic rings. The lowest BCUT2D eigenvalue weighted by molar-refractivity contribution is -0.0563. The number of nitrogens with zero attached hydrogens (tertiary/aromatic N) is 3. The predicted molar refractivity (Wildman–Crippen MR) is 128 cm³/mol. The minimum Gasteiger partial charge on any atom is -0.414 e. The zero-order valence-electron chi connectivity index (χ0n) is 20.5. The summed E-state index contributed by atoms with van der Waals surface area (Å²) in [5, 5.41) is 0. The highest BCUT2D eigenvalue weighted by Gasteiger charge is 2.60. The molecule has 3 heterocycles. The van der Waals surface area contributed by atoms with Gasteiger partial charge in [-0.05, 0) is 22.2 Å². The largest absolute Gasteiger partial charge is 0.414 e. The molecule has 0 amide bonds. The van der Waals surface area contributed by atoms with Crippen molar-refractivity contribution in [2.45, 2.75) is 96.0 Å². The van der Waals surface area contributed by atoms with Gasteiger partial charge in [-0.2, -0.15) is 4.98 Å². The average molecular weight is 483 g/mol. The number of fused-ring (bicyclic) bond motifs is 1. The first-order valence-corrected chi connectivity index (χ1v) is 15.4. The zero-order chi connectivity index (χ0) is 24.0. The Balaban J connectivity index is 2.08.